The predicted molar refractivity (Wildman–Crippen MR) is 79.8 cm³/mol. The van der Waals surface area contributed by atoms with Gasteiger partial charge in [0.15, 0.2) is 0 Å². The first-order chi connectivity index (χ1) is 10.1. The van der Waals surface area contributed by atoms with E-state index in [1.165, 1.54) is 12.1 Å². The van der Waals surface area contributed by atoms with Gasteiger partial charge in [-0.1, -0.05) is 25.5 Å². The molecule has 1 heterocycles. The number of benzene rings is 1. The van der Waals surface area contributed by atoms with Gasteiger partial charge in [-0.2, -0.15) is 0 Å². The summed E-state index contributed by atoms with van der Waals surface area (Å²) < 4.78 is 0. The molecule has 1 aliphatic rings. The lowest BCUT2D eigenvalue weighted by Crippen LogP contribution is -2.53. The van der Waals surface area contributed by atoms with E-state index in [2.05, 4.69) is 17.6 Å². The molecule has 1 aliphatic heterocycles. The van der Waals surface area contributed by atoms with Gasteiger partial charge in [0.1, 0.15) is 0 Å². The van der Waals surface area contributed by atoms with Crippen LogP contribution in [0.2, 0.25) is 0 Å². The van der Waals surface area contributed by atoms with E-state index in [4.69, 9.17) is 0 Å². The van der Waals surface area contributed by atoms with E-state index in [0.29, 0.717) is 6.54 Å². The molecule has 21 heavy (non-hydrogen) atoms. The van der Waals surface area contributed by atoms with Gasteiger partial charge in [0.05, 0.1) is 10.5 Å². The number of nitro benzene ring substituents is 1. The molecule has 0 spiro atoms. The van der Waals surface area contributed by atoms with Crippen LogP contribution in [0.4, 0.5) is 5.69 Å². The summed E-state index contributed by atoms with van der Waals surface area (Å²) in [5.74, 6) is -0.00615. The molecule has 1 aromatic carbocycles. The molecule has 1 unspecified atom stereocenters. The minimum absolute atomic E-state index is 0.00615. The Hall–Kier alpha value is -1.95. The Morgan fingerprint density at radius 2 is 2.33 bits per heavy atom. The maximum atomic E-state index is 12.4. The maximum Gasteiger partial charge on any atom is 0.269 e. The van der Waals surface area contributed by atoms with Crippen LogP contribution in [0.15, 0.2) is 24.3 Å². The lowest BCUT2D eigenvalue weighted by atomic mass is 9.91. The van der Waals surface area contributed by atoms with Gasteiger partial charge in [0.2, 0.25) is 5.91 Å². The van der Waals surface area contributed by atoms with Crippen molar-refractivity contribution in [1.82, 2.24) is 10.6 Å². The molecule has 6 heteroatoms. The van der Waals surface area contributed by atoms with Crippen molar-refractivity contribution >= 4 is 11.6 Å². The molecule has 1 fully saturated rings. The summed E-state index contributed by atoms with van der Waals surface area (Å²) in [6.45, 7) is 3.24. The van der Waals surface area contributed by atoms with Crippen LogP contribution in [0.5, 0.6) is 0 Å². The van der Waals surface area contributed by atoms with Crippen molar-refractivity contribution in [2.45, 2.75) is 44.7 Å². The maximum absolute atomic E-state index is 12.4. The van der Waals surface area contributed by atoms with E-state index in [1.807, 2.05) is 0 Å². The van der Waals surface area contributed by atoms with E-state index in [0.717, 1.165) is 37.8 Å². The van der Waals surface area contributed by atoms with Gasteiger partial charge in [-0.3, -0.25) is 14.9 Å². The Balaban J connectivity index is 2.00. The average molecular weight is 291 g/mol. The van der Waals surface area contributed by atoms with Crippen molar-refractivity contribution in [3.63, 3.8) is 0 Å². The molecule has 1 saturated heterocycles. The molecule has 2 N–H and O–H groups in total. The molecule has 1 aromatic rings. The quantitative estimate of drug-likeness (QED) is 0.621. The van der Waals surface area contributed by atoms with Crippen LogP contribution in [-0.2, 0) is 11.3 Å². The number of nitro groups is 1. The summed E-state index contributed by atoms with van der Waals surface area (Å²) in [5, 5.41) is 17.0. The number of hydrogen-bond donors (Lipinski definition) is 2. The normalized spacial score (nSPS) is 21.2. The SMILES string of the molecule is CCCC1(C(=O)NCc2cccc([N+](=O)[O-])c2)CCCN1. The Labute approximate surface area is 124 Å². The van der Waals surface area contributed by atoms with Gasteiger partial charge in [0.25, 0.3) is 5.69 Å². The number of non-ortho nitro benzene ring substituents is 1. The molecular formula is C15H21N3O3. The third-order valence-electron chi connectivity index (χ3n) is 3.93. The Morgan fingerprint density at radius 1 is 1.52 bits per heavy atom. The first kappa shape index (κ1) is 15.4. The molecule has 1 amide bonds. The lowest BCUT2D eigenvalue weighted by Gasteiger charge is -2.27. The van der Waals surface area contributed by atoms with E-state index < -0.39 is 10.5 Å². The third kappa shape index (κ3) is 3.58. The van der Waals surface area contributed by atoms with Crippen molar-refractivity contribution in [3.8, 4) is 0 Å². The standard InChI is InChI=1S/C15H21N3O3/c1-2-7-15(8-4-9-17-15)14(19)16-11-12-5-3-6-13(10-12)18(20)21/h3,5-6,10,17H,2,4,7-9,11H2,1H3,(H,16,19). The highest BCUT2D eigenvalue weighted by atomic mass is 16.6. The number of carbonyl (C=O) groups excluding carboxylic acids is 1. The van der Waals surface area contributed by atoms with Gasteiger partial charge < -0.3 is 10.6 Å². The zero-order valence-corrected chi connectivity index (χ0v) is 12.2. The molecule has 114 valence electrons. The van der Waals surface area contributed by atoms with Crippen LogP contribution in [0, 0.1) is 10.1 Å². The summed E-state index contributed by atoms with van der Waals surface area (Å²) in [6, 6.07) is 6.36. The summed E-state index contributed by atoms with van der Waals surface area (Å²) in [6.07, 6.45) is 3.61. The van der Waals surface area contributed by atoms with Crippen molar-refractivity contribution in [3.05, 3.63) is 39.9 Å². The summed E-state index contributed by atoms with van der Waals surface area (Å²) in [4.78, 5) is 22.8. The monoisotopic (exact) mass is 291 g/mol. The number of hydrogen-bond acceptors (Lipinski definition) is 4. The molecule has 0 bridgehead atoms. The highest BCUT2D eigenvalue weighted by molar-refractivity contribution is 5.86. The zero-order chi connectivity index (χ0) is 15.3. The number of rotatable bonds is 6. The van der Waals surface area contributed by atoms with Crippen molar-refractivity contribution < 1.29 is 9.72 Å². The highest BCUT2D eigenvalue weighted by Gasteiger charge is 2.39. The third-order valence-corrected chi connectivity index (χ3v) is 3.93. The zero-order valence-electron chi connectivity index (χ0n) is 12.2. The minimum atomic E-state index is -0.463. The number of nitrogens with zero attached hydrogens (tertiary/aromatic N) is 1. The van der Waals surface area contributed by atoms with Crippen molar-refractivity contribution in [2.75, 3.05) is 6.54 Å². The predicted octanol–water partition coefficient (Wildman–Crippen LogP) is 2.13. The van der Waals surface area contributed by atoms with Crippen LogP contribution < -0.4 is 10.6 Å². The molecular weight excluding hydrogens is 270 g/mol. The number of amides is 1. The van der Waals surface area contributed by atoms with Crippen LogP contribution in [0.3, 0.4) is 0 Å². The molecule has 0 saturated carbocycles. The van der Waals surface area contributed by atoms with Crippen LogP contribution >= 0.6 is 0 Å². The largest absolute Gasteiger partial charge is 0.350 e. The smallest absolute Gasteiger partial charge is 0.269 e. The molecule has 0 radical (unpaired) electrons. The van der Waals surface area contributed by atoms with E-state index in [1.54, 1.807) is 12.1 Å². The fourth-order valence-corrected chi connectivity index (χ4v) is 2.89. The Morgan fingerprint density at radius 3 is 2.95 bits per heavy atom. The fraction of sp³-hybridized carbons (Fsp3) is 0.533. The van der Waals surface area contributed by atoms with E-state index >= 15 is 0 Å². The first-order valence-corrected chi connectivity index (χ1v) is 7.34. The van der Waals surface area contributed by atoms with Gasteiger partial charge in [-0.25, -0.2) is 0 Å². The Kier molecular flexibility index (Phi) is 4.90. The van der Waals surface area contributed by atoms with E-state index in [-0.39, 0.29) is 11.6 Å². The van der Waals surface area contributed by atoms with Crippen LogP contribution in [-0.4, -0.2) is 22.9 Å². The summed E-state index contributed by atoms with van der Waals surface area (Å²) >= 11 is 0. The Bertz CT molecular complexity index is 525. The van der Waals surface area contributed by atoms with Crippen molar-refractivity contribution in [1.29, 1.82) is 0 Å². The summed E-state index contributed by atoms with van der Waals surface area (Å²) in [5.41, 5.74) is 0.321. The van der Waals surface area contributed by atoms with Crippen LogP contribution in [0.25, 0.3) is 0 Å². The second-order valence-electron chi connectivity index (χ2n) is 5.47. The highest BCUT2D eigenvalue weighted by Crippen LogP contribution is 2.25. The molecule has 1 atom stereocenters. The molecule has 2 rings (SSSR count). The fourth-order valence-electron chi connectivity index (χ4n) is 2.89. The van der Waals surface area contributed by atoms with Crippen LogP contribution in [0.1, 0.15) is 38.2 Å². The number of carbonyl (C=O) groups is 1. The first-order valence-electron chi connectivity index (χ1n) is 7.34. The lowest BCUT2D eigenvalue weighted by molar-refractivity contribution is -0.384. The summed E-state index contributed by atoms with van der Waals surface area (Å²) in [7, 11) is 0. The van der Waals surface area contributed by atoms with Gasteiger partial charge >= 0.3 is 0 Å². The molecule has 0 aliphatic carbocycles. The molecule has 6 nitrogen and oxygen atoms in total. The van der Waals surface area contributed by atoms with Gasteiger partial charge in [-0.05, 0) is 31.4 Å². The number of nitrogens with one attached hydrogen (secondary N) is 2. The van der Waals surface area contributed by atoms with Gasteiger partial charge in [0, 0.05) is 18.7 Å². The topological polar surface area (TPSA) is 84.3 Å². The van der Waals surface area contributed by atoms with Gasteiger partial charge in [-0.15, -0.1) is 0 Å². The van der Waals surface area contributed by atoms with E-state index in [9.17, 15) is 14.9 Å². The average Bonchev–Trinajstić information content (AvgIpc) is 2.95. The second-order valence-corrected chi connectivity index (χ2v) is 5.47. The molecule has 0 aromatic heterocycles. The van der Waals surface area contributed by atoms with Crippen molar-refractivity contribution in [2.24, 2.45) is 0 Å². The second kappa shape index (κ2) is 6.67. The minimum Gasteiger partial charge on any atom is -0.350 e.